The van der Waals surface area contributed by atoms with Crippen molar-refractivity contribution in [3.63, 3.8) is 0 Å². The third-order valence-electron chi connectivity index (χ3n) is 7.06. The smallest absolute Gasteiger partial charge is 0.263 e. The van der Waals surface area contributed by atoms with Crippen LogP contribution >= 0.6 is 11.3 Å². The lowest BCUT2D eigenvalue weighted by Gasteiger charge is -2.39. The Morgan fingerprint density at radius 3 is 2.47 bits per heavy atom. The normalized spacial score (nSPS) is 19.1. The quantitative estimate of drug-likeness (QED) is 0.567. The fourth-order valence-corrected chi connectivity index (χ4v) is 5.98. The standard InChI is InChI=1S/C26H36N2O3S/c1-4-11-28(18-19-9-12-27(13-10-19)26(29)25-6-5-14-32-25)22-8-7-20-16-23(30-2)24(31-3)17-21(20)15-22/h5-6,14,16-17,19,22H,4,7-13,15,18H2,1-3H3. The molecule has 2 aliphatic rings. The fourth-order valence-electron chi connectivity index (χ4n) is 5.29. The average molecular weight is 457 g/mol. The molecule has 0 bridgehead atoms. The highest BCUT2D eigenvalue weighted by molar-refractivity contribution is 7.12. The van der Waals surface area contributed by atoms with Gasteiger partial charge in [0.15, 0.2) is 11.5 Å². The van der Waals surface area contributed by atoms with Crippen LogP contribution in [-0.4, -0.2) is 62.1 Å². The fraction of sp³-hybridized carbons (Fsp3) is 0.577. The Morgan fingerprint density at radius 1 is 1.12 bits per heavy atom. The molecule has 0 saturated carbocycles. The van der Waals surface area contributed by atoms with Gasteiger partial charge in [-0.2, -0.15) is 0 Å². The molecule has 2 heterocycles. The minimum Gasteiger partial charge on any atom is -0.493 e. The largest absolute Gasteiger partial charge is 0.493 e. The molecule has 1 unspecified atom stereocenters. The molecule has 1 fully saturated rings. The van der Waals surface area contributed by atoms with Crippen molar-refractivity contribution < 1.29 is 14.3 Å². The van der Waals surface area contributed by atoms with E-state index in [9.17, 15) is 4.79 Å². The highest BCUT2D eigenvalue weighted by atomic mass is 32.1. The van der Waals surface area contributed by atoms with Crippen molar-refractivity contribution in [2.24, 2.45) is 5.92 Å². The predicted octanol–water partition coefficient (Wildman–Crippen LogP) is 4.89. The topological polar surface area (TPSA) is 42.0 Å². The summed E-state index contributed by atoms with van der Waals surface area (Å²) in [7, 11) is 3.42. The number of ether oxygens (including phenoxy) is 2. The second kappa shape index (κ2) is 10.7. The summed E-state index contributed by atoms with van der Waals surface area (Å²) in [6.07, 6.45) is 6.74. The molecular formula is C26H36N2O3S. The van der Waals surface area contributed by atoms with Gasteiger partial charge in [-0.3, -0.25) is 9.69 Å². The zero-order valence-electron chi connectivity index (χ0n) is 19.6. The molecule has 0 spiro atoms. The van der Waals surface area contributed by atoms with Crippen molar-refractivity contribution in [3.05, 3.63) is 45.6 Å². The SMILES string of the molecule is CCCN(CC1CCN(C(=O)c2cccs2)CC1)C1CCc2cc(OC)c(OC)cc2C1. The lowest BCUT2D eigenvalue weighted by molar-refractivity contribution is 0.0647. The van der Waals surface area contributed by atoms with Gasteiger partial charge < -0.3 is 14.4 Å². The number of amides is 1. The number of carbonyl (C=O) groups is 1. The van der Waals surface area contributed by atoms with Gasteiger partial charge in [-0.05, 0) is 85.7 Å². The van der Waals surface area contributed by atoms with E-state index >= 15 is 0 Å². The minimum atomic E-state index is 0.206. The molecular weight excluding hydrogens is 420 g/mol. The van der Waals surface area contributed by atoms with Gasteiger partial charge in [-0.1, -0.05) is 13.0 Å². The molecule has 6 heteroatoms. The van der Waals surface area contributed by atoms with Crippen LogP contribution < -0.4 is 9.47 Å². The molecule has 1 amide bonds. The van der Waals surface area contributed by atoms with Gasteiger partial charge in [0.1, 0.15) is 0 Å². The maximum Gasteiger partial charge on any atom is 0.263 e. The van der Waals surface area contributed by atoms with Crippen LogP contribution in [0.15, 0.2) is 29.6 Å². The summed E-state index contributed by atoms with van der Waals surface area (Å²) in [5.41, 5.74) is 2.80. The zero-order valence-corrected chi connectivity index (χ0v) is 20.5. The van der Waals surface area contributed by atoms with E-state index in [4.69, 9.17) is 9.47 Å². The summed E-state index contributed by atoms with van der Waals surface area (Å²) in [5, 5.41) is 1.98. The number of nitrogens with zero attached hydrogens (tertiary/aromatic N) is 2. The van der Waals surface area contributed by atoms with E-state index in [0.29, 0.717) is 12.0 Å². The van der Waals surface area contributed by atoms with E-state index < -0.39 is 0 Å². The van der Waals surface area contributed by atoms with E-state index in [1.54, 1.807) is 25.6 Å². The Balaban J connectivity index is 1.37. The third-order valence-corrected chi connectivity index (χ3v) is 7.92. The van der Waals surface area contributed by atoms with Gasteiger partial charge >= 0.3 is 0 Å². The molecule has 0 radical (unpaired) electrons. The molecule has 1 atom stereocenters. The Bertz CT molecular complexity index is 891. The van der Waals surface area contributed by atoms with E-state index in [1.165, 1.54) is 24.0 Å². The zero-order chi connectivity index (χ0) is 22.5. The van der Waals surface area contributed by atoms with Crippen LogP contribution in [0.5, 0.6) is 11.5 Å². The first kappa shape index (κ1) is 23.1. The number of hydrogen-bond acceptors (Lipinski definition) is 5. The first-order valence-electron chi connectivity index (χ1n) is 11.9. The number of likely N-dealkylation sites (tertiary alicyclic amines) is 1. The molecule has 1 aromatic heterocycles. The number of hydrogen-bond donors (Lipinski definition) is 0. The van der Waals surface area contributed by atoms with Crippen LogP contribution in [0.25, 0.3) is 0 Å². The molecule has 4 rings (SSSR count). The van der Waals surface area contributed by atoms with E-state index in [1.807, 2.05) is 22.4 Å². The van der Waals surface area contributed by atoms with E-state index in [0.717, 1.165) is 68.2 Å². The summed E-state index contributed by atoms with van der Waals surface area (Å²) in [6.45, 7) is 6.32. The second-order valence-corrected chi connectivity index (χ2v) is 10.0. The summed E-state index contributed by atoms with van der Waals surface area (Å²) in [4.78, 5) is 18.3. The van der Waals surface area contributed by atoms with Gasteiger partial charge in [0.05, 0.1) is 19.1 Å². The van der Waals surface area contributed by atoms with Crippen molar-refractivity contribution in [2.75, 3.05) is 40.4 Å². The molecule has 0 N–H and O–H groups in total. The summed E-state index contributed by atoms with van der Waals surface area (Å²) < 4.78 is 11.1. The van der Waals surface area contributed by atoms with Gasteiger partial charge in [0, 0.05) is 25.7 Å². The molecule has 1 aromatic carbocycles. The molecule has 1 aliphatic heterocycles. The van der Waals surface area contributed by atoms with Crippen LogP contribution in [0.3, 0.4) is 0 Å². The van der Waals surface area contributed by atoms with Crippen LogP contribution in [-0.2, 0) is 12.8 Å². The van der Waals surface area contributed by atoms with Crippen LogP contribution in [0, 0.1) is 5.92 Å². The highest BCUT2D eigenvalue weighted by Crippen LogP contribution is 2.35. The number of carbonyl (C=O) groups excluding carboxylic acids is 1. The second-order valence-electron chi connectivity index (χ2n) is 9.08. The first-order chi connectivity index (χ1) is 15.6. The van der Waals surface area contributed by atoms with Gasteiger partial charge in [0.2, 0.25) is 0 Å². The molecule has 32 heavy (non-hydrogen) atoms. The molecule has 1 saturated heterocycles. The summed E-state index contributed by atoms with van der Waals surface area (Å²) in [5.74, 6) is 2.54. The van der Waals surface area contributed by atoms with Crippen LogP contribution in [0.1, 0.15) is 53.4 Å². The monoisotopic (exact) mass is 456 g/mol. The predicted molar refractivity (Wildman–Crippen MR) is 130 cm³/mol. The summed E-state index contributed by atoms with van der Waals surface area (Å²) >= 11 is 1.54. The molecule has 5 nitrogen and oxygen atoms in total. The Kier molecular flexibility index (Phi) is 7.74. The lowest BCUT2D eigenvalue weighted by atomic mass is 9.86. The van der Waals surface area contributed by atoms with Crippen LogP contribution in [0.2, 0.25) is 0 Å². The number of rotatable bonds is 8. The Morgan fingerprint density at radius 2 is 1.84 bits per heavy atom. The lowest BCUT2D eigenvalue weighted by Crippen LogP contribution is -2.45. The number of piperidine rings is 1. The Labute approximate surface area is 196 Å². The van der Waals surface area contributed by atoms with Gasteiger partial charge in [-0.15, -0.1) is 11.3 Å². The number of methoxy groups -OCH3 is 2. The number of fused-ring (bicyclic) bond motifs is 1. The average Bonchev–Trinajstić information content (AvgIpc) is 3.37. The number of thiophene rings is 1. The summed E-state index contributed by atoms with van der Waals surface area (Å²) in [6, 6.07) is 8.81. The van der Waals surface area contributed by atoms with Gasteiger partial charge in [0.25, 0.3) is 5.91 Å². The van der Waals surface area contributed by atoms with Crippen molar-refractivity contribution >= 4 is 17.2 Å². The van der Waals surface area contributed by atoms with Crippen molar-refractivity contribution in [3.8, 4) is 11.5 Å². The maximum absolute atomic E-state index is 12.7. The van der Waals surface area contributed by atoms with Crippen LogP contribution in [0.4, 0.5) is 0 Å². The minimum absolute atomic E-state index is 0.206. The first-order valence-corrected chi connectivity index (χ1v) is 12.8. The molecule has 1 aliphatic carbocycles. The van der Waals surface area contributed by atoms with E-state index in [-0.39, 0.29) is 5.91 Å². The third kappa shape index (κ3) is 5.12. The van der Waals surface area contributed by atoms with E-state index in [2.05, 4.69) is 24.0 Å². The van der Waals surface area contributed by atoms with Gasteiger partial charge in [-0.25, -0.2) is 0 Å². The van der Waals surface area contributed by atoms with Crippen molar-refractivity contribution in [2.45, 2.75) is 51.5 Å². The maximum atomic E-state index is 12.7. The highest BCUT2D eigenvalue weighted by Gasteiger charge is 2.30. The molecule has 174 valence electrons. The number of benzene rings is 1. The number of aryl methyl sites for hydroxylation is 1. The van der Waals surface area contributed by atoms with Crippen molar-refractivity contribution in [1.82, 2.24) is 9.80 Å². The molecule has 2 aromatic rings. The van der Waals surface area contributed by atoms with Crippen molar-refractivity contribution in [1.29, 1.82) is 0 Å². The Hall–Kier alpha value is -2.05.